The molecule has 1 N–H and O–H groups in total. The van der Waals surface area contributed by atoms with Crippen LogP contribution in [-0.4, -0.2) is 41.9 Å². The lowest BCUT2D eigenvalue weighted by Crippen LogP contribution is -2.51. The second-order valence-corrected chi connectivity index (χ2v) is 11.0. The summed E-state index contributed by atoms with van der Waals surface area (Å²) in [6, 6.07) is 13.7. The maximum absolute atomic E-state index is 12.8. The second kappa shape index (κ2) is 10.1. The fourth-order valence-electron chi connectivity index (χ4n) is 3.75. The van der Waals surface area contributed by atoms with Crippen LogP contribution in [0.25, 0.3) is 21.5 Å². The van der Waals surface area contributed by atoms with E-state index in [-0.39, 0.29) is 11.6 Å². The van der Waals surface area contributed by atoms with Gasteiger partial charge in [-0.2, -0.15) is 0 Å². The Bertz CT molecular complexity index is 1340. The van der Waals surface area contributed by atoms with Crippen molar-refractivity contribution in [2.24, 2.45) is 5.41 Å². The largest absolute Gasteiger partial charge is 0.456 e. The third-order valence-electron chi connectivity index (χ3n) is 5.63. The molecule has 0 aliphatic carbocycles. The molecule has 0 spiro atoms. The Morgan fingerprint density at radius 3 is 1.81 bits per heavy atom. The minimum atomic E-state index is -0.997. The van der Waals surface area contributed by atoms with Gasteiger partial charge >= 0.3 is 12.1 Å². The number of carbonyl (C=O) groups excluding carboxylic acids is 4. The molecule has 0 bridgehead atoms. The highest BCUT2D eigenvalue weighted by Crippen LogP contribution is 2.26. The fourth-order valence-corrected chi connectivity index (χ4v) is 3.75. The zero-order chi connectivity index (χ0) is 26.8. The summed E-state index contributed by atoms with van der Waals surface area (Å²) in [5.74, 6) is -1.07. The fraction of sp³-hybridized carbons (Fsp3) is 0.379. The van der Waals surface area contributed by atoms with Crippen molar-refractivity contribution < 1.29 is 28.7 Å². The van der Waals surface area contributed by atoms with Crippen LogP contribution in [0.3, 0.4) is 0 Å². The van der Waals surface area contributed by atoms with Gasteiger partial charge in [0.05, 0.1) is 0 Å². The summed E-state index contributed by atoms with van der Waals surface area (Å²) in [4.78, 5) is 49.5. The van der Waals surface area contributed by atoms with Crippen molar-refractivity contribution in [2.75, 3.05) is 6.61 Å². The standard InChI is InChI=1S/C29H33NO6/c1-17(31)18-8-9-19-14-23-15-21(11-10-20(23)13-22(19)12-18)24(32)16-35-26(33)25(28(2,3)4)30-27(34)36-29(5,6)7/h8-15,25H,16H2,1-7H3,(H,30,34). The minimum absolute atomic E-state index is 0.00230. The first kappa shape index (κ1) is 26.9. The van der Waals surface area contributed by atoms with Crippen LogP contribution in [0.4, 0.5) is 4.79 Å². The number of benzene rings is 3. The van der Waals surface area contributed by atoms with Crippen molar-refractivity contribution in [1.29, 1.82) is 0 Å². The predicted molar refractivity (Wildman–Crippen MR) is 139 cm³/mol. The van der Waals surface area contributed by atoms with E-state index in [9.17, 15) is 19.2 Å². The molecular formula is C29H33NO6. The van der Waals surface area contributed by atoms with Gasteiger partial charge < -0.3 is 14.8 Å². The molecule has 36 heavy (non-hydrogen) atoms. The molecule has 7 nitrogen and oxygen atoms in total. The molecular weight excluding hydrogens is 458 g/mol. The molecule has 0 saturated carbocycles. The van der Waals surface area contributed by atoms with Crippen molar-refractivity contribution in [1.82, 2.24) is 5.32 Å². The third-order valence-corrected chi connectivity index (χ3v) is 5.63. The number of hydrogen-bond donors (Lipinski definition) is 1. The average Bonchev–Trinajstić information content (AvgIpc) is 2.76. The zero-order valence-corrected chi connectivity index (χ0v) is 21.9. The van der Waals surface area contributed by atoms with Gasteiger partial charge in [-0.15, -0.1) is 0 Å². The van der Waals surface area contributed by atoms with Crippen molar-refractivity contribution in [3.63, 3.8) is 0 Å². The SMILES string of the molecule is CC(=O)c1ccc2cc3cc(C(=O)COC(=O)C(NC(=O)OC(C)(C)C)C(C)(C)C)ccc3cc2c1. The molecule has 0 heterocycles. The Kier molecular flexibility index (Phi) is 7.53. The van der Waals surface area contributed by atoms with Crippen LogP contribution in [0, 0.1) is 5.41 Å². The number of rotatable bonds is 6. The molecule has 0 fully saturated rings. The summed E-state index contributed by atoms with van der Waals surface area (Å²) in [6.45, 7) is 11.6. The molecule has 0 aromatic heterocycles. The van der Waals surface area contributed by atoms with Crippen molar-refractivity contribution in [3.05, 3.63) is 59.7 Å². The summed E-state index contributed by atoms with van der Waals surface area (Å²) in [5, 5.41) is 6.23. The third kappa shape index (κ3) is 6.68. The number of hydrogen-bond acceptors (Lipinski definition) is 6. The topological polar surface area (TPSA) is 98.8 Å². The van der Waals surface area contributed by atoms with Crippen LogP contribution in [0.1, 0.15) is 69.2 Å². The molecule has 0 radical (unpaired) electrons. The van der Waals surface area contributed by atoms with Crippen LogP contribution in [0.15, 0.2) is 48.5 Å². The highest BCUT2D eigenvalue weighted by molar-refractivity contribution is 6.06. The summed E-state index contributed by atoms with van der Waals surface area (Å²) in [5.41, 5.74) is -0.333. The number of Topliss-reactive ketones (excluding diaryl/α,β-unsaturated/α-hetero) is 2. The van der Waals surface area contributed by atoms with Gasteiger partial charge in [0.2, 0.25) is 0 Å². The van der Waals surface area contributed by atoms with Crippen LogP contribution in [0.5, 0.6) is 0 Å². The normalized spacial score (nSPS) is 12.8. The van der Waals surface area contributed by atoms with Crippen LogP contribution in [-0.2, 0) is 14.3 Å². The van der Waals surface area contributed by atoms with Gasteiger partial charge in [0, 0.05) is 11.1 Å². The van der Waals surface area contributed by atoms with E-state index in [0.717, 1.165) is 21.5 Å². The first-order chi connectivity index (χ1) is 16.6. The van der Waals surface area contributed by atoms with E-state index in [1.54, 1.807) is 59.7 Å². The average molecular weight is 492 g/mol. The number of ketones is 2. The van der Waals surface area contributed by atoms with Crippen molar-refractivity contribution in [3.8, 4) is 0 Å². The van der Waals surface area contributed by atoms with E-state index in [4.69, 9.17) is 9.47 Å². The molecule has 3 rings (SSSR count). The molecule has 1 amide bonds. The Hall–Kier alpha value is -3.74. The molecule has 1 atom stereocenters. The molecule has 190 valence electrons. The first-order valence-corrected chi connectivity index (χ1v) is 11.8. The minimum Gasteiger partial charge on any atom is -0.456 e. The smallest absolute Gasteiger partial charge is 0.408 e. The van der Waals surface area contributed by atoms with Crippen LogP contribution >= 0.6 is 0 Å². The number of fused-ring (bicyclic) bond motifs is 2. The van der Waals surface area contributed by atoms with E-state index < -0.39 is 35.7 Å². The summed E-state index contributed by atoms with van der Waals surface area (Å²) in [7, 11) is 0. The lowest BCUT2D eigenvalue weighted by molar-refractivity contribution is -0.147. The second-order valence-electron chi connectivity index (χ2n) is 11.0. The van der Waals surface area contributed by atoms with Gasteiger partial charge in [0.1, 0.15) is 11.6 Å². The van der Waals surface area contributed by atoms with E-state index >= 15 is 0 Å². The van der Waals surface area contributed by atoms with Gasteiger partial charge in [-0.05, 0) is 78.9 Å². The summed E-state index contributed by atoms with van der Waals surface area (Å²) < 4.78 is 10.6. The van der Waals surface area contributed by atoms with Crippen LogP contribution < -0.4 is 5.32 Å². The van der Waals surface area contributed by atoms with Gasteiger partial charge in [0.25, 0.3) is 0 Å². The van der Waals surface area contributed by atoms with Gasteiger partial charge in [0.15, 0.2) is 18.2 Å². The Balaban J connectivity index is 1.74. The number of ether oxygens (including phenoxy) is 2. The lowest BCUT2D eigenvalue weighted by Gasteiger charge is -2.30. The number of carbonyl (C=O) groups is 4. The van der Waals surface area contributed by atoms with E-state index in [1.165, 1.54) is 6.92 Å². The summed E-state index contributed by atoms with van der Waals surface area (Å²) in [6.07, 6.45) is -0.733. The molecule has 0 aliphatic rings. The van der Waals surface area contributed by atoms with E-state index in [1.807, 2.05) is 30.3 Å². The number of amides is 1. The van der Waals surface area contributed by atoms with Gasteiger partial charge in [-0.1, -0.05) is 45.0 Å². The highest BCUT2D eigenvalue weighted by atomic mass is 16.6. The number of esters is 1. The first-order valence-electron chi connectivity index (χ1n) is 11.8. The van der Waals surface area contributed by atoms with Crippen LogP contribution in [0.2, 0.25) is 0 Å². The monoisotopic (exact) mass is 491 g/mol. The number of nitrogens with one attached hydrogen (secondary N) is 1. The molecule has 7 heteroatoms. The Labute approximate surface area is 211 Å². The van der Waals surface area contributed by atoms with E-state index in [0.29, 0.717) is 11.1 Å². The molecule has 0 saturated heterocycles. The van der Waals surface area contributed by atoms with Gasteiger partial charge in [-0.25, -0.2) is 9.59 Å². The maximum atomic E-state index is 12.8. The summed E-state index contributed by atoms with van der Waals surface area (Å²) >= 11 is 0. The number of alkyl carbamates (subject to hydrolysis) is 1. The quantitative estimate of drug-likeness (QED) is 0.263. The Morgan fingerprint density at radius 1 is 0.778 bits per heavy atom. The Morgan fingerprint density at radius 2 is 1.31 bits per heavy atom. The molecule has 0 aliphatic heterocycles. The maximum Gasteiger partial charge on any atom is 0.408 e. The molecule has 3 aromatic rings. The van der Waals surface area contributed by atoms with Crippen molar-refractivity contribution in [2.45, 2.75) is 60.1 Å². The predicted octanol–water partition coefficient (Wildman–Crippen LogP) is 5.86. The van der Waals surface area contributed by atoms with E-state index in [2.05, 4.69) is 5.32 Å². The van der Waals surface area contributed by atoms with Gasteiger partial charge in [-0.3, -0.25) is 9.59 Å². The molecule has 3 aromatic carbocycles. The molecule has 1 unspecified atom stereocenters. The lowest BCUT2D eigenvalue weighted by atomic mass is 9.87. The zero-order valence-electron chi connectivity index (χ0n) is 21.9. The van der Waals surface area contributed by atoms with Crippen molar-refractivity contribution >= 4 is 45.2 Å². The highest BCUT2D eigenvalue weighted by Gasteiger charge is 2.35.